The summed E-state index contributed by atoms with van der Waals surface area (Å²) >= 11 is 1.50. The molecule has 0 aliphatic rings. The van der Waals surface area contributed by atoms with Crippen LogP contribution in [0.3, 0.4) is 0 Å². The quantitative estimate of drug-likeness (QED) is 0.541. The van der Waals surface area contributed by atoms with E-state index in [0.717, 1.165) is 22.0 Å². The summed E-state index contributed by atoms with van der Waals surface area (Å²) in [5, 5.41) is 14.5. The number of halogens is 1. The lowest BCUT2D eigenvalue weighted by molar-refractivity contribution is -0.140. The van der Waals surface area contributed by atoms with Crippen molar-refractivity contribution >= 4 is 28.3 Å². The number of benzene rings is 2. The van der Waals surface area contributed by atoms with Crippen molar-refractivity contribution in [3.8, 4) is 11.3 Å². The van der Waals surface area contributed by atoms with E-state index in [4.69, 9.17) is 0 Å². The molecule has 0 spiro atoms. The number of carboxylic acids is 1. The summed E-state index contributed by atoms with van der Waals surface area (Å²) in [5.74, 6) is -1.96. The van der Waals surface area contributed by atoms with E-state index in [-0.39, 0.29) is 11.7 Å². The minimum Gasteiger partial charge on any atom is -0.480 e. The third-order valence-corrected chi connectivity index (χ3v) is 5.77. The van der Waals surface area contributed by atoms with Crippen LogP contribution in [0.15, 0.2) is 53.9 Å². The molecule has 3 rings (SSSR count). The number of nitrogens with zero attached hydrogens (tertiary/aromatic N) is 2. The Hall–Kier alpha value is -3.26. The molecule has 2 N–H and O–H groups in total. The highest BCUT2D eigenvalue weighted by molar-refractivity contribution is 7.14. The van der Waals surface area contributed by atoms with Crippen LogP contribution in [-0.2, 0) is 11.3 Å². The van der Waals surface area contributed by atoms with Crippen LogP contribution in [0.4, 0.5) is 9.52 Å². The van der Waals surface area contributed by atoms with Crippen LogP contribution in [0, 0.1) is 11.7 Å². The molecule has 0 radical (unpaired) electrons. The van der Waals surface area contributed by atoms with Gasteiger partial charge in [-0.05, 0) is 47.9 Å². The maximum Gasteiger partial charge on any atom is 0.326 e. The summed E-state index contributed by atoms with van der Waals surface area (Å²) in [6.07, 6.45) is 0. The molecule has 6 nitrogen and oxygen atoms in total. The SMILES string of the molecule is CC(C)C(NC(=O)c1ccc(CN(C)c2nc(-c3ccc(F)cc3)cs2)cc1)C(=O)O. The third-order valence-electron chi connectivity index (χ3n) is 4.81. The van der Waals surface area contributed by atoms with Gasteiger partial charge in [0.25, 0.3) is 5.91 Å². The summed E-state index contributed by atoms with van der Waals surface area (Å²) in [6, 6.07) is 12.3. The fraction of sp³-hybridized carbons (Fsp3) is 0.261. The van der Waals surface area contributed by atoms with E-state index < -0.39 is 17.9 Å². The zero-order valence-corrected chi connectivity index (χ0v) is 18.3. The zero-order valence-electron chi connectivity index (χ0n) is 17.5. The van der Waals surface area contributed by atoms with Gasteiger partial charge in [-0.2, -0.15) is 0 Å². The van der Waals surface area contributed by atoms with Gasteiger partial charge < -0.3 is 15.3 Å². The zero-order chi connectivity index (χ0) is 22.5. The number of anilines is 1. The monoisotopic (exact) mass is 441 g/mol. The largest absolute Gasteiger partial charge is 0.480 e. The van der Waals surface area contributed by atoms with Crippen molar-refractivity contribution in [1.82, 2.24) is 10.3 Å². The Morgan fingerprint density at radius 1 is 1.13 bits per heavy atom. The number of rotatable bonds is 8. The lowest BCUT2D eigenvalue weighted by atomic mass is 10.0. The van der Waals surface area contributed by atoms with Crippen LogP contribution in [0.2, 0.25) is 0 Å². The van der Waals surface area contributed by atoms with Crippen LogP contribution in [0.1, 0.15) is 29.8 Å². The van der Waals surface area contributed by atoms with Gasteiger partial charge in [0.15, 0.2) is 5.13 Å². The second-order valence-electron chi connectivity index (χ2n) is 7.61. The van der Waals surface area contributed by atoms with Crippen LogP contribution < -0.4 is 10.2 Å². The molecule has 2 aromatic carbocycles. The molecule has 0 fully saturated rings. The Morgan fingerprint density at radius 2 is 1.77 bits per heavy atom. The number of hydrogen-bond donors (Lipinski definition) is 2. The first kappa shape index (κ1) is 22.4. The van der Waals surface area contributed by atoms with Crippen molar-refractivity contribution in [2.75, 3.05) is 11.9 Å². The molecule has 1 heterocycles. The highest BCUT2D eigenvalue weighted by Crippen LogP contribution is 2.27. The lowest BCUT2D eigenvalue weighted by Crippen LogP contribution is -2.44. The van der Waals surface area contributed by atoms with E-state index in [2.05, 4.69) is 10.3 Å². The topological polar surface area (TPSA) is 82.5 Å². The fourth-order valence-corrected chi connectivity index (χ4v) is 3.84. The molecule has 162 valence electrons. The van der Waals surface area contributed by atoms with E-state index in [1.165, 1.54) is 23.5 Å². The first-order valence-electron chi connectivity index (χ1n) is 9.80. The van der Waals surface area contributed by atoms with Crippen molar-refractivity contribution in [1.29, 1.82) is 0 Å². The van der Waals surface area contributed by atoms with Crippen molar-refractivity contribution in [3.05, 3.63) is 70.9 Å². The molecule has 1 amide bonds. The summed E-state index contributed by atoms with van der Waals surface area (Å²) < 4.78 is 13.1. The molecule has 8 heteroatoms. The summed E-state index contributed by atoms with van der Waals surface area (Å²) in [6.45, 7) is 4.08. The van der Waals surface area contributed by atoms with Gasteiger partial charge in [-0.1, -0.05) is 26.0 Å². The van der Waals surface area contributed by atoms with Gasteiger partial charge in [0.2, 0.25) is 0 Å². The number of carbonyl (C=O) groups excluding carboxylic acids is 1. The molecule has 1 aromatic heterocycles. The average molecular weight is 442 g/mol. The predicted molar refractivity (Wildman–Crippen MR) is 120 cm³/mol. The molecule has 0 bridgehead atoms. The maximum atomic E-state index is 13.1. The summed E-state index contributed by atoms with van der Waals surface area (Å²) in [4.78, 5) is 30.3. The van der Waals surface area contributed by atoms with Crippen LogP contribution in [-0.4, -0.2) is 35.1 Å². The number of carboxylic acid groups (broad SMARTS) is 1. The molecule has 0 aliphatic heterocycles. The second kappa shape index (κ2) is 9.70. The molecule has 0 aliphatic carbocycles. The normalized spacial score (nSPS) is 11.9. The molecule has 3 aromatic rings. The molecular weight excluding hydrogens is 417 g/mol. The molecule has 0 saturated carbocycles. The van der Waals surface area contributed by atoms with Crippen LogP contribution in [0.5, 0.6) is 0 Å². The van der Waals surface area contributed by atoms with E-state index in [0.29, 0.717) is 12.1 Å². The Bertz CT molecular complexity index is 1050. The Labute approximate surface area is 184 Å². The van der Waals surface area contributed by atoms with E-state index in [1.807, 2.05) is 29.5 Å². The molecule has 31 heavy (non-hydrogen) atoms. The van der Waals surface area contributed by atoms with Crippen molar-refractivity contribution in [2.45, 2.75) is 26.4 Å². The number of aliphatic carboxylic acids is 1. The second-order valence-corrected chi connectivity index (χ2v) is 8.45. The lowest BCUT2D eigenvalue weighted by Gasteiger charge is -2.18. The van der Waals surface area contributed by atoms with Crippen molar-refractivity contribution in [2.24, 2.45) is 5.92 Å². The molecule has 1 atom stereocenters. The Morgan fingerprint density at radius 3 is 2.35 bits per heavy atom. The predicted octanol–water partition coefficient (Wildman–Crippen LogP) is 4.42. The first-order chi connectivity index (χ1) is 14.7. The molecular formula is C23H24FN3O3S. The highest BCUT2D eigenvalue weighted by Gasteiger charge is 2.23. The standard InChI is InChI=1S/C23H24FN3O3S/c1-14(2)20(22(29)30)26-21(28)17-6-4-15(5-7-17)12-27(3)23-25-19(13-31-23)16-8-10-18(24)11-9-16/h4-11,13-14,20H,12H2,1-3H3,(H,26,28)(H,29,30). The van der Waals surface area contributed by atoms with E-state index in [9.17, 15) is 19.1 Å². The van der Waals surface area contributed by atoms with Gasteiger partial charge >= 0.3 is 5.97 Å². The minimum absolute atomic E-state index is 0.215. The number of aromatic nitrogens is 1. The van der Waals surface area contributed by atoms with Gasteiger partial charge in [0.05, 0.1) is 5.69 Å². The molecule has 0 saturated heterocycles. The van der Waals surface area contributed by atoms with Crippen LogP contribution in [0.25, 0.3) is 11.3 Å². The van der Waals surface area contributed by atoms with Crippen molar-refractivity contribution < 1.29 is 19.1 Å². The number of nitrogens with one attached hydrogen (secondary N) is 1. The Balaban J connectivity index is 1.64. The average Bonchev–Trinajstić information content (AvgIpc) is 3.23. The van der Waals surface area contributed by atoms with Gasteiger partial charge in [0.1, 0.15) is 11.9 Å². The molecule has 1 unspecified atom stereocenters. The Kier molecular flexibility index (Phi) is 7.02. The summed E-state index contributed by atoms with van der Waals surface area (Å²) in [5.41, 5.74) is 3.04. The first-order valence-corrected chi connectivity index (χ1v) is 10.7. The number of amides is 1. The highest BCUT2D eigenvalue weighted by atomic mass is 32.1. The van der Waals surface area contributed by atoms with Gasteiger partial charge in [0, 0.05) is 30.1 Å². The number of carbonyl (C=O) groups is 2. The van der Waals surface area contributed by atoms with Gasteiger partial charge in [-0.25, -0.2) is 14.2 Å². The van der Waals surface area contributed by atoms with E-state index in [1.54, 1.807) is 38.1 Å². The number of thiazole rings is 1. The smallest absolute Gasteiger partial charge is 0.326 e. The van der Waals surface area contributed by atoms with Crippen LogP contribution >= 0.6 is 11.3 Å². The third kappa shape index (κ3) is 5.67. The number of hydrogen-bond acceptors (Lipinski definition) is 5. The van der Waals surface area contributed by atoms with Gasteiger partial charge in [-0.15, -0.1) is 11.3 Å². The maximum absolute atomic E-state index is 13.1. The fourth-order valence-electron chi connectivity index (χ4n) is 3.03. The van der Waals surface area contributed by atoms with E-state index >= 15 is 0 Å². The van der Waals surface area contributed by atoms with Gasteiger partial charge in [-0.3, -0.25) is 4.79 Å². The summed E-state index contributed by atoms with van der Waals surface area (Å²) in [7, 11) is 1.92. The van der Waals surface area contributed by atoms with Crippen molar-refractivity contribution in [3.63, 3.8) is 0 Å². The minimum atomic E-state index is -1.05.